The largest absolute Gasteiger partial charge is 0.434 e. The normalized spacial score (nSPS) is 20.6. The summed E-state index contributed by atoms with van der Waals surface area (Å²) in [6.07, 6.45) is 1.21. The quantitative estimate of drug-likeness (QED) is 0.826. The Morgan fingerprint density at radius 2 is 2.09 bits per heavy atom. The average molecular weight is 341 g/mol. The minimum Gasteiger partial charge on any atom is -0.376 e. The molecule has 23 heavy (non-hydrogen) atoms. The highest BCUT2D eigenvalue weighted by atomic mass is 32.1. The molecule has 1 atom stereocenters. The van der Waals surface area contributed by atoms with Crippen LogP contribution >= 0.6 is 12.2 Å². The van der Waals surface area contributed by atoms with E-state index in [1.807, 2.05) is 31.2 Å². The molecule has 1 heterocycles. The minimum atomic E-state index is -4.58. The van der Waals surface area contributed by atoms with Gasteiger partial charge in [0.15, 0.2) is 5.11 Å². The lowest BCUT2D eigenvalue weighted by Crippen LogP contribution is -2.67. The van der Waals surface area contributed by atoms with Gasteiger partial charge in [-0.2, -0.15) is 13.2 Å². The molecule has 0 aliphatic carbocycles. The number of benzene rings is 1. The van der Waals surface area contributed by atoms with Gasteiger partial charge in [0.2, 0.25) is 5.66 Å². The highest BCUT2D eigenvalue weighted by Crippen LogP contribution is 2.36. The van der Waals surface area contributed by atoms with E-state index >= 15 is 0 Å². The van der Waals surface area contributed by atoms with Gasteiger partial charge in [0.1, 0.15) is 0 Å². The predicted octanol–water partition coefficient (Wildman–Crippen LogP) is 3.01. The Morgan fingerprint density at radius 3 is 2.70 bits per heavy atom. The number of hydrogen-bond acceptors (Lipinski definition) is 2. The van der Waals surface area contributed by atoms with E-state index in [2.05, 4.69) is 17.5 Å². The number of hydrogen-bond donors (Lipinski definition) is 2. The third-order valence-electron chi connectivity index (χ3n) is 3.64. The second-order valence-corrected chi connectivity index (χ2v) is 5.83. The summed E-state index contributed by atoms with van der Waals surface area (Å²) in [5.74, 6) is 0. The fraction of sp³-hybridized carbons (Fsp3) is 0.312. The maximum atomic E-state index is 13.7. The van der Waals surface area contributed by atoms with E-state index in [9.17, 15) is 13.2 Å². The van der Waals surface area contributed by atoms with Gasteiger partial charge in [0.05, 0.1) is 0 Å². The number of aryl methyl sites for hydroxylation is 1. The molecule has 0 radical (unpaired) electrons. The molecule has 0 saturated carbocycles. The maximum absolute atomic E-state index is 13.7. The summed E-state index contributed by atoms with van der Waals surface area (Å²) in [5, 5.41) is 1.80. The molecule has 7 heteroatoms. The van der Waals surface area contributed by atoms with E-state index in [1.165, 1.54) is 17.2 Å². The molecule has 0 aromatic heterocycles. The number of nitrogens with one attached hydrogen (secondary N) is 1. The van der Waals surface area contributed by atoms with Crippen LogP contribution in [0.5, 0.6) is 0 Å². The number of allylic oxidation sites excluding steroid dienone is 2. The smallest absolute Gasteiger partial charge is 0.376 e. The van der Waals surface area contributed by atoms with Gasteiger partial charge in [0.25, 0.3) is 0 Å². The molecule has 0 saturated heterocycles. The zero-order chi connectivity index (χ0) is 17.1. The molecule has 1 aliphatic rings. The van der Waals surface area contributed by atoms with Crippen molar-refractivity contribution in [2.24, 2.45) is 5.73 Å². The van der Waals surface area contributed by atoms with Crippen molar-refractivity contribution in [1.29, 1.82) is 0 Å². The molecule has 3 N–H and O–H groups in total. The van der Waals surface area contributed by atoms with Crippen LogP contribution in [-0.2, 0) is 6.42 Å². The lowest BCUT2D eigenvalue weighted by Gasteiger charge is -2.44. The highest BCUT2D eigenvalue weighted by Gasteiger charge is 2.57. The van der Waals surface area contributed by atoms with Gasteiger partial charge >= 0.3 is 6.18 Å². The predicted molar refractivity (Wildman–Crippen MR) is 88.6 cm³/mol. The number of rotatable bonds is 4. The summed E-state index contributed by atoms with van der Waals surface area (Å²) in [6, 6.07) is 7.69. The summed E-state index contributed by atoms with van der Waals surface area (Å²) < 4.78 is 41.1. The molecule has 2 rings (SSSR count). The van der Waals surface area contributed by atoms with Crippen molar-refractivity contribution in [1.82, 2.24) is 10.2 Å². The molecule has 0 amide bonds. The van der Waals surface area contributed by atoms with Crippen LogP contribution in [0.2, 0.25) is 0 Å². The molecular weight excluding hydrogens is 323 g/mol. The summed E-state index contributed by atoms with van der Waals surface area (Å²) >= 11 is 4.65. The van der Waals surface area contributed by atoms with Gasteiger partial charge in [-0.15, -0.1) is 0 Å². The third-order valence-corrected chi connectivity index (χ3v) is 3.74. The van der Waals surface area contributed by atoms with Crippen LogP contribution in [0.25, 0.3) is 0 Å². The molecule has 0 spiro atoms. The lowest BCUT2D eigenvalue weighted by molar-refractivity contribution is -0.213. The van der Waals surface area contributed by atoms with Crippen molar-refractivity contribution in [3.8, 4) is 0 Å². The fourth-order valence-corrected chi connectivity index (χ4v) is 2.71. The van der Waals surface area contributed by atoms with Crippen molar-refractivity contribution in [3.05, 3.63) is 59.8 Å². The van der Waals surface area contributed by atoms with E-state index in [0.717, 1.165) is 17.2 Å². The second kappa shape index (κ2) is 6.62. The van der Waals surface area contributed by atoms with Crippen LogP contribution in [0.15, 0.2) is 48.7 Å². The van der Waals surface area contributed by atoms with Crippen LogP contribution in [0.3, 0.4) is 0 Å². The Labute approximate surface area is 138 Å². The van der Waals surface area contributed by atoms with Crippen LogP contribution in [0.4, 0.5) is 13.2 Å². The summed E-state index contributed by atoms with van der Waals surface area (Å²) in [7, 11) is 0. The van der Waals surface area contributed by atoms with E-state index < -0.39 is 17.0 Å². The van der Waals surface area contributed by atoms with Crippen molar-refractivity contribution in [2.45, 2.75) is 25.2 Å². The molecule has 124 valence electrons. The number of nitrogens with zero attached hydrogens (tertiary/aromatic N) is 1. The van der Waals surface area contributed by atoms with Gasteiger partial charge in [0, 0.05) is 12.7 Å². The van der Waals surface area contributed by atoms with Gasteiger partial charge in [-0.05, 0) is 43.3 Å². The third kappa shape index (κ3) is 3.85. The lowest BCUT2D eigenvalue weighted by atomic mass is 10.0. The first kappa shape index (κ1) is 17.3. The summed E-state index contributed by atoms with van der Waals surface area (Å²) in [4.78, 5) is 1.18. The van der Waals surface area contributed by atoms with E-state index in [4.69, 9.17) is 5.73 Å². The number of alkyl halides is 3. The monoisotopic (exact) mass is 341 g/mol. The molecule has 3 nitrogen and oxygen atoms in total. The fourth-order valence-electron chi connectivity index (χ4n) is 2.56. The van der Waals surface area contributed by atoms with Crippen molar-refractivity contribution in [3.63, 3.8) is 0 Å². The van der Waals surface area contributed by atoms with Gasteiger partial charge in [-0.25, -0.2) is 0 Å². The summed E-state index contributed by atoms with van der Waals surface area (Å²) in [5.41, 5.74) is 4.95. The Balaban J connectivity index is 2.24. The molecule has 0 fully saturated rings. The van der Waals surface area contributed by atoms with Crippen LogP contribution < -0.4 is 11.1 Å². The van der Waals surface area contributed by atoms with Crippen molar-refractivity contribution in [2.75, 3.05) is 6.54 Å². The minimum absolute atomic E-state index is 0.166. The van der Waals surface area contributed by atoms with Crippen molar-refractivity contribution >= 4 is 17.3 Å². The average Bonchev–Trinajstić information content (AvgIpc) is 2.44. The van der Waals surface area contributed by atoms with Crippen molar-refractivity contribution < 1.29 is 13.2 Å². The molecule has 1 aromatic rings. The number of nitrogens with two attached hydrogens (primary N) is 1. The molecular formula is C16H18F3N3S. The maximum Gasteiger partial charge on any atom is 0.434 e. The Bertz CT molecular complexity index is 640. The number of halogens is 3. The molecule has 0 bridgehead atoms. The first-order valence-electron chi connectivity index (χ1n) is 7.07. The number of thiocarbonyl (C=S) groups is 1. The van der Waals surface area contributed by atoms with Crippen LogP contribution in [-0.4, -0.2) is 28.4 Å². The Morgan fingerprint density at radius 1 is 1.35 bits per heavy atom. The summed E-state index contributed by atoms with van der Waals surface area (Å²) in [6.45, 7) is 2.11. The van der Waals surface area contributed by atoms with Crippen LogP contribution in [0, 0.1) is 6.92 Å². The van der Waals surface area contributed by atoms with E-state index in [-0.39, 0.29) is 6.54 Å². The molecule has 1 aromatic carbocycles. The first-order chi connectivity index (χ1) is 10.7. The Kier molecular flexibility index (Phi) is 4.99. The van der Waals surface area contributed by atoms with Gasteiger partial charge in [-0.1, -0.05) is 35.9 Å². The topological polar surface area (TPSA) is 41.3 Å². The SMILES string of the molecule is Cc1cccc(CCN2C=CC=CC2(NC(N)=S)C(F)(F)F)c1. The molecule has 1 aliphatic heterocycles. The second-order valence-electron chi connectivity index (χ2n) is 5.39. The van der Waals surface area contributed by atoms with Gasteiger partial charge in [-0.3, -0.25) is 0 Å². The molecule has 1 unspecified atom stereocenters. The Hall–Kier alpha value is -2.02. The first-order valence-corrected chi connectivity index (χ1v) is 7.48. The van der Waals surface area contributed by atoms with Crippen LogP contribution in [0.1, 0.15) is 11.1 Å². The zero-order valence-electron chi connectivity index (χ0n) is 12.6. The van der Waals surface area contributed by atoms with Gasteiger partial charge < -0.3 is 16.0 Å². The standard InChI is InChI=1S/C16H18F3N3S/c1-12-5-4-6-13(11-12)7-10-22-9-3-2-8-15(22,16(17,18)19)21-14(20)23/h2-6,8-9,11H,7,10H2,1H3,(H3,20,21,23). The van der Waals surface area contributed by atoms with E-state index in [0.29, 0.717) is 6.42 Å². The highest BCUT2D eigenvalue weighted by molar-refractivity contribution is 7.80. The zero-order valence-corrected chi connectivity index (χ0v) is 13.4. The van der Waals surface area contributed by atoms with E-state index in [1.54, 1.807) is 6.08 Å².